The van der Waals surface area contributed by atoms with Crippen molar-refractivity contribution in [1.82, 2.24) is 19.9 Å². The first-order valence-corrected chi connectivity index (χ1v) is 10.6. The van der Waals surface area contributed by atoms with Crippen LogP contribution in [0.2, 0.25) is 0 Å². The van der Waals surface area contributed by atoms with Gasteiger partial charge >= 0.3 is 0 Å². The number of para-hydroxylation sites is 2. The molecule has 2 bridgehead atoms. The Morgan fingerprint density at radius 3 is 2.55 bits per heavy atom. The Morgan fingerprint density at radius 1 is 1.03 bits per heavy atom. The fraction of sp³-hybridized carbons (Fsp3) is 0.304. The normalized spacial score (nSPS) is 22.9. The van der Waals surface area contributed by atoms with Crippen molar-refractivity contribution in [2.45, 2.75) is 18.9 Å². The highest BCUT2D eigenvalue weighted by Gasteiger charge is 2.35. The lowest BCUT2D eigenvalue weighted by Crippen LogP contribution is -2.53. The van der Waals surface area contributed by atoms with Crippen LogP contribution in [0.4, 0.5) is 5.69 Å². The van der Waals surface area contributed by atoms with E-state index in [2.05, 4.69) is 25.2 Å². The molecule has 0 saturated carbocycles. The number of H-pyrrole nitrogens is 2. The highest BCUT2D eigenvalue weighted by Crippen LogP contribution is 2.38. The predicted octanol–water partition coefficient (Wildman–Crippen LogP) is 2.99. The molecule has 0 unspecified atom stereocenters. The molecular weight excluding hydrogens is 394 g/mol. The first-order valence-electron chi connectivity index (χ1n) is 10.6. The summed E-state index contributed by atoms with van der Waals surface area (Å²) < 4.78 is 0. The van der Waals surface area contributed by atoms with Gasteiger partial charge in [-0.15, -0.1) is 0 Å². The number of hydrogen-bond acceptors (Lipinski definition) is 6. The second-order valence-corrected chi connectivity index (χ2v) is 8.58. The van der Waals surface area contributed by atoms with Crippen LogP contribution in [0.5, 0.6) is 11.5 Å². The lowest BCUT2D eigenvalue weighted by Gasteiger charge is -2.45. The third-order valence-corrected chi connectivity index (χ3v) is 6.72. The van der Waals surface area contributed by atoms with Crippen LogP contribution in [-0.4, -0.2) is 55.7 Å². The van der Waals surface area contributed by atoms with Gasteiger partial charge in [0.15, 0.2) is 11.5 Å². The average Bonchev–Trinajstić information content (AvgIpc) is 3.20. The molecule has 0 aliphatic carbocycles. The number of fused-ring (bicyclic) bond motifs is 5. The topological polar surface area (TPSA) is 117 Å². The number of nitrogens with zero attached hydrogens (tertiary/aromatic N) is 2. The fourth-order valence-electron chi connectivity index (χ4n) is 5.08. The Labute approximate surface area is 177 Å². The number of aromatic amines is 2. The molecule has 3 aliphatic rings. The van der Waals surface area contributed by atoms with Crippen LogP contribution < -0.4 is 10.9 Å². The monoisotopic (exact) mass is 417 g/mol. The average molecular weight is 417 g/mol. The number of hydrogen-bond donors (Lipinski definition) is 5. The minimum Gasteiger partial charge on any atom is -0.504 e. The van der Waals surface area contributed by atoms with Gasteiger partial charge < -0.3 is 30.4 Å². The number of anilines is 1. The molecule has 3 aliphatic heterocycles. The Bertz CT molecular complexity index is 1330. The third kappa shape index (κ3) is 2.94. The number of aromatic hydroxyl groups is 2. The van der Waals surface area contributed by atoms with E-state index in [4.69, 9.17) is 0 Å². The summed E-state index contributed by atoms with van der Waals surface area (Å²) in [4.78, 5) is 26.4. The molecule has 2 aromatic heterocycles. The van der Waals surface area contributed by atoms with E-state index in [1.54, 1.807) is 0 Å². The predicted molar refractivity (Wildman–Crippen MR) is 120 cm³/mol. The second kappa shape index (κ2) is 6.75. The third-order valence-electron chi connectivity index (χ3n) is 6.72. The van der Waals surface area contributed by atoms with E-state index in [0.717, 1.165) is 43.5 Å². The minimum absolute atomic E-state index is 0.201. The van der Waals surface area contributed by atoms with Gasteiger partial charge in [-0.1, -0.05) is 12.1 Å². The van der Waals surface area contributed by atoms with Gasteiger partial charge in [0.05, 0.1) is 22.2 Å². The molecule has 3 saturated heterocycles. The first-order chi connectivity index (χ1) is 15.1. The van der Waals surface area contributed by atoms with E-state index < -0.39 is 0 Å². The Morgan fingerprint density at radius 2 is 1.81 bits per heavy atom. The van der Waals surface area contributed by atoms with Crippen molar-refractivity contribution < 1.29 is 10.2 Å². The van der Waals surface area contributed by atoms with E-state index >= 15 is 0 Å². The lowest BCUT2D eigenvalue weighted by atomic mass is 9.83. The van der Waals surface area contributed by atoms with Crippen molar-refractivity contribution in [3.8, 4) is 22.9 Å². The van der Waals surface area contributed by atoms with Gasteiger partial charge in [-0.3, -0.25) is 4.79 Å². The van der Waals surface area contributed by atoms with Crippen LogP contribution in [0.25, 0.3) is 33.3 Å². The van der Waals surface area contributed by atoms with Gasteiger partial charge in [-0.2, -0.15) is 0 Å². The molecule has 1 atom stereocenters. The number of aromatic nitrogens is 3. The minimum atomic E-state index is -0.305. The number of benzene rings is 2. The maximum Gasteiger partial charge on any atom is 0.261 e. The second-order valence-electron chi connectivity index (χ2n) is 8.58. The Kier molecular flexibility index (Phi) is 3.97. The van der Waals surface area contributed by atoms with Crippen LogP contribution >= 0.6 is 0 Å². The highest BCUT2D eigenvalue weighted by molar-refractivity contribution is 6.00. The Balaban J connectivity index is 1.58. The quantitative estimate of drug-likeness (QED) is 0.327. The summed E-state index contributed by atoms with van der Waals surface area (Å²) >= 11 is 0. The molecule has 8 heteroatoms. The maximum absolute atomic E-state index is 13.2. The number of rotatable bonds is 3. The number of phenols is 2. The molecule has 5 heterocycles. The number of pyridine rings is 1. The largest absolute Gasteiger partial charge is 0.504 e. The molecule has 7 rings (SSSR count). The first kappa shape index (κ1) is 18.3. The standard InChI is InChI=1S/C23H23N5O3/c29-18-9-13-16(10-19(18)30)27-23(31)20(22-25-14-3-1-2-4-15(14)26-22)21(13)24-17-11-28-7-5-12(17)6-8-28/h1-4,9-10,12,17,29-30H,5-8,11H2,(H,25,26)(H2,24,27,31)/t17-/m0/s1. The van der Waals surface area contributed by atoms with Gasteiger partial charge in [0.1, 0.15) is 11.4 Å². The van der Waals surface area contributed by atoms with E-state index in [1.807, 2.05) is 24.3 Å². The number of nitrogens with one attached hydrogen (secondary N) is 3. The highest BCUT2D eigenvalue weighted by atomic mass is 16.3. The smallest absolute Gasteiger partial charge is 0.261 e. The van der Waals surface area contributed by atoms with Crippen molar-refractivity contribution in [2.75, 3.05) is 25.0 Å². The van der Waals surface area contributed by atoms with Gasteiger partial charge in [-0.05, 0) is 50.0 Å². The molecule has 5 N–H and O–H groups in total. The molecular formula is C23H23N5O3. The summed E-state index contributed by atoms with van der Waals surface area (Å²) in [6, 6.07) is 10.7. The van der Waals surface area contributed by atoms with Crippen LogP contribution in [0.1, 0.15) is 12.8 Å². The molecule has 0 radical (unpaired) electrons. The maximum atomic E-state index is 13.2. The zero-order valence-electron chi connectivity index (χ0n) is 16.9. The summed E-state index contributed by atoms with van der Waals surface area (Å²) in [6.45, 7) is 3.15. The summed E-state index contributed by atoms with van der Waals surface area (Å²) in [5.74, 6) is 0.509. The van der Waals surface area contributed by atoms with Crippen molar-refractivity contribution in [1.29, 1.82) is 0 Å². The van der Waals surface area contributed by atoms with Crippen molar-refractivity contribution in [3.05, 3.63) is 46.8 Å². The molecule has 0 amide bonds. The molecule has 31 heavy (non-hydrogen) atoms. The molecule has 8 nitrogen and oxygen atoms in total. The van der Waals surface area contributed by atoms with Gasteiger partial charge in [-0.25, -0.2) is 4.98 Å². The van der Waals surface area contributed by atoms with E-state index in [0.29, 0.717) is 33.9 Å². The van der Waals surface area contributed by atoms with E-state index in [-0.39, 0.29) is 23.1 Å². The van der Waals surface area contributed by atoms with Crippen molar-refractivity contribution in [2.24, 2.45) is 5.92 Å². The van der Waals surface area contributed by atoms with Gasteiger partial charge in [0.2, 0.25) is 0 Å². The SMILES string of the molecule is O=c1[nH]c2cc(O)c(O)cc2c(N[C@H]2CN3CCC2CC3)c1-c1nc2ccccc2[nH]1. The molecule has 2 aromatic carbocycles. The van der Waals surface area contributed by atoms with Crippen LogP contribution in [-0.2, 0) is 0 Å². The lowest BCUT2D eigenvalue weighted by molar-refractivity contribution is 0.0976. The van der Waals surface area contributed by atoms with Crippen molar-refractivity contribution >= 4 is 27.6 Å². The van der Waals surface area contributed by atoms with Crippen LogP contribution in [0.3, 0.4) is 0 Å². The molecule has 158 valence electrons. The molecule has 3 fully saturated rings. The zero-order chi connectivity index (χ0) is 21.1. The molecule has 0 spiro atoms. The molecule has 4 aromatic rings. The number of piperidine rings is 3. The Hall–Kier alpha value is -3.52. The summed E-state index contributed by atoms with van der Waals surface area (Å²) in [5.41, 5.74) is 2.82. The van der Waals surface area contributed by atoms with Crippen molar-refractivity contribution in [3.63, 3.8) is 0 Å². The summed E-state index contributed by atoms with van der Waals surface area (Å²) in [7, 11) is 0. The number of phenolic OH excluding ortho intramolecular Hbond substituents is 2. The summed E-state index contributed by atoms with van der Waals surface area (Å²) in [6.07, 6.45) is 2.26. The van der Waals surface area contributed by atoms with Crippen LogP contribution in [0.15, 0.2) is 41.2 Å². The number of imidazole rings is 1. The van der Waals surface area contributed by atoms with Crippen LogP contribution in [0, 0.1) is 5.92 Å². The van der Waals surface area contributed by atoms with E-state index in [1.165, 1.54) is 12.1 Å². The van der Waals surface area contributed by atoms with E-state index in [9.17, 15) is 15.0 Å². The zero-order valence-corrected chi connectivity index (χ0v) is 16.9. The fourth-order valence-corrected chi connectivity index (χ4v) is 5.08. The van der Waals surface area contributed by atoms with Gasteiger partial charge in [0, 0.05) is 24.0 Å². The van der Waals surface area contributed by atoms with Gasteiger partial charge in [0.25, 0.3) is 5.56 Å². The summed E-state index contributed by atoms with van der Waals surface area (Å²) in [5, 5.41) is 24.4.